The SMILES string of the molecule is O=C(NC1(COC(F)F)CC1)c1cnn2c1CNCC2. The number of aromatic nitrogens is 2. The first-order chi connectivity index (χ1) is 9.60. The number of nitrogens with one attached hydrogen (secondary N) is 2. The lowest BCUT2D eigenvalue weighted by Crippen LogP contribution is -2.41. The van der Waals surface area contributed by atoms with E-state index < -0.39 is 12.2 Å². The van der Waals surface area contributed by atoms with Gasteiger partial charge >= 0.3 is 6.61 Å². The molecule has 1 aliphatic heterocycles. The van der Waals surface area contributed by atoms with Gasteiger partial charge in [-0.05, 0) is 12.8 Å². The van der Waals surface area contributed by atoms with E-state index in [9.17, 15) is 13.6 Å². The van der Waals surface area contributed by atoms with E-state index in [0.29, 0.717) is 24.9 Å². The van der Waals surface area contributed by atoms with Crippen LogP contribution in [0.15, 0.2) is 6.20 Å². The summed E-state index contributed by atoms with van der Waals surface area (Å²) in [5.41, 5.74) is 0.699. The van der Waals surface area contributed by atoms with Crippen LogP contribution in [0, 0.1) is 0 Å². The van der Waals surface area contributed by atoms with Crippen molar-refractivity contribution < 1.29 is 18.3 Å². The number of amides is 1. The second-order valence-corrected chi connectivity index (χ2v) is 5.21. The third-order valence-corrected chi connectivity index (χ3v) is 3.70. The molecule has 6 nitrogen and oxygen atoms in total. The molecule has 1 aliphatic carbocycles. The summed E-state index contributed by atoms with van der Waals surface area (Å²) in [6, 6.07) is 0. The molecular formula is C12H16F2N4O2. The van der Waals surface area contributed by atoms with E-state index >= 15 is 0 Å². The van der Waals surface area contributed by atoms with Crippen molar-refractivity contribution in [2.75, 3.05) is 13.2 Å². The first-order valence-corrected chi connectivity index (χ1v) is 6.57. The fourth-order valence-electron chi connectivity index (χ4n) is 2.36. The molecule has 1 amide bonds. The third kappa shape index (κ3) is 2.66. The van der Waals surface area contributed by atoms with Crippen LogP contribution in [0.4, 0.5) is 8.78 Å². The van der Waals surface area contributed by atoms with Crippen LogP contribution in [-0.4, -0.2) is 41.0 Å². The number of ether oxygens (including phenoxy) is 1. The molecule has 2 heterocycles. The minimum Gasteiger partial charge on any atom is -0.344 e. The number of halogens is 2. The van der Waals surface area contributed by atoms with Gasteiger partial charge in [-0.25, -0.2) is 0 Å². The Morgan fingerprint density at radius 2 is 2.40 bits per heavy atom. The summed E-state index contributed by atoms with van der Waals surface area (Å²) in [6.07, 6.45) is 2.85. The smallest absolute Gasteiger partial charge is 0.344 e. The van der Waals surface area contributed by atoms with Crippen molar-refractivity contribution in [2.45, 2.75) is 38.1 Å². The zero-order valence-corrected chi connectivity index (χ0v) is 10.9. The Kier molecular flexibility index (Phi) is 3.43. The van der Waals surface area contributed by atoms with Gasteiger partial charge in [0, 0.05) is 13.1 Å². The van der Waals surface area contributed by atoms with Crippen molar-refractivity contribution in [1.82, 2.24) is 20.4 Å². The molecule has 20 heavy (non-hydrogen) atoms. The third-order valence-electron chi connectivity index (χ3n) is 3.70. The van der Waals surface area contributed by atoms with Crippen LogP contribution in [0.25, 0.3) is 0 Å². The molecule has 8 heteroatoms. The Labute approximate surface area is 114 Å². The van der Waals surface area contributed by atoms with Crippen LogP contribution >= 0.6 is 0 Å². The first-order valence-electron chi connectivity index (χ1n) is 6.57. The Hall–Kier alpha value is -1.54. The van der Waals surface area contributed by atoms with Crippen LogP contribution in [0.5, 0.6) is 0 Å². The van der Waals surface area contributed by atoms with Gasteiger partial charge in [-0.3, -0.25) is 9.48 Å². The highest BCUT2D eigenvalue weighted by Crippen LogP contribution is 2.36. The lowest BCUT2D eigenvalue weighted by atomic mass is 10.2. The fourth-order valence-corrected chi connectivity index (χ4v) is 2.36. The zero-order valence-electron chi connectivity index (χ0n) is 10.9. The van der Waals surface area contributed by atoms with Gasteiger partial charge in [0.1, 0.15) is 0 Å². The van der Waals surface area contributed by atoms with E-state index in [2.05, 4.69) is 20.5 Å². The van der Waals surface area contributed by atoms with E-state index in [0.717, 1.165) is 18.8 Å². The normalized spacial score (nSPS) is 19.8. The standard InChI is InChI=1S/C12H16F2N4O2/c13-11(14)20-7-12(1-2-12)17-10(19)8-5-16-18-4-3-15-6-9(8)18/h5,11,15H,1-4,6-7H2,(H,17,19). The zero-order chi connectivity index (χ0) is 14.2. The number of rotatable bonds is 5. The average Bonchev–Trinajstić information content (AvgIpc) is 3.05. The molecule has 1 aromatic heterocycles. The van der Waals surface area contributed by atoms with Gasteiger partial charge in [-0.2, -0.15) is 13.9 Å². The molecule has 0 aromatic carbocycles. The largest absolute Gasteiger partial charge is 0.345 e. The summed E-state index contributed by atoms with van der Waals surface area (Å²) in [5, 5.41) is 10.1. The van der Waals surface area contributed by atoms with Crippen molar-refractivity contribution in [2.24, 2.45) is 0 Å². The second-order valence-electron chi connectivity index (χ2n) is 5.21. The minimum absolute atomic E-state index is 0.155. The van der Waals surface area contributed by atoms with Crippen LogP contribution in [0.3, 0.4) is 0 Å². The topological polar surface area (TPSA) is 68.2 Å². The van der Waals surface area contributed by atoms with Gasteiger partial charge in [0.05, 0.1) is 36.1 Å². The number of hydrogen-bond donors (Lipinski definition) is 2. The predicted molar refractivity (Wildman–Crippen MR) is 65.3 cm³/mol. The molecule has 2 aliphatic rings. The summed E-state index contributed by atoms with van der Waals surface area (Å²) in [6.45, 7) is -0.830. The molecule has 0 atom stereocenters. The van der Waals surface area contributed by atoms with E-state index in [1.807, 2.05) is 0 Å². The molecule has 1 fully saturated rings. The van der Waals surface area contributed by atoms with Crippen LogP contribution in [-0.2, 0) is 17.8 Å². The molecule has 3 rings (SSSR count). The van der Waals surface area contributed by atoms with E-state index in [1.165, 1.54) is 6.20 Å². The number of carbonyl (C=O) groups is 1. The quantitative estimate of drug-likeness (QED) is 0.826. The fraction of sp³-hybridized carbons (Fsp3) is 0.667. The van der Waals surface area contributed by atoms with E-state index in [-0.39, 0.29) is 12.5 Å². The molecule has 0 unspecified atom stereocenters. The van der Waals surface area contributed by atoms with Gasteiger partial charge in [-0.15, -0.1) is 0 Å². The van der Waals surface area contributed by atoms with Gasteiger partial charge < -0.3 is 15.4 Å². The van der Waals surface area contributed by atoms with E-state index in [4.69, 9.17) is 0 Å². The molecule has 110 valence electrons. The van der Waals surface area contributed by atoms with Gasteiger partial charge in [0.25, 0.3) is 5.91 Å². The maximum atomic E-state index is 12.2. The number of carbonyl (C=O) groups excluding carboxylic acids is 1. The van der Waals surface area contributed by atoms with Crippen molar-refractivity contribution in [3.8, 4) is 0 Å². The summed E-state index contributed by atoms with van der Waals surface area (Å²) in [7, 11) is 0. The van der Waals surface area contributed by atoms with Crippen molar-refractivity contribution in [1.29, 1.82) is 0 Å². The number of nitrogens with zero attached hydrogens (tertiary/aromatic N) is 2. The number of hydrogen-bond acceptors (Lipinski definition) is 4. The van der Waals surface area contributed by atoms with Crippen molar-refractivity contribution >= 4 is 5.91 Å². The summed E-state index contributed by atoms with van der Waals surface area (Å²) in [5.74, 6) is -0.273. The van der Waals surface area contributed by atoms with Crippen molar-refractivity contribution in [3.63, 3.8) is 0 Å². The van der Waals surface area contributed by atoms with Gasteiger partial charge in [-0.1, -0.05) is 0 Å². The lowest BCUT2D eigenvalue weighted by Gasteiger charge is -2.19. The molecule has 2 N–H and O–H groups in total. The maximum Gasteiger partial charge on any atom is 0.345 e. The molecule has 1 saturated carbocycles. The summed E-state index contributed by atoms with van der Waals surface area (Å²) < 4.78 is 30.3. The number of alkyl halides is 2. The summed E-state index contributed by atoms with van der Waals surface area (Å²) >= 11 is 0. The second kappa shape index (κ2) is 5.10. The Morgan fingerprint density at radius 1 is 1.60 bits per heavy atom. The highest BCUT2D eigenvalue weighted by atomic mass is 19.3. The minimum atomic E-state index is -2.81. The van der Waals surface area contributed by atoms with Gasteiger partial charge in [0.15, 0.2) is 0 Å². The molecule has 0 radical (unpaired) electrons. The lowest BCUT2D eigenvalue weighted by molar-refractivity contribution is -0.135. The van der Waals surface area contributed by atoms with Crippen LogP contribution in [0.1, 0.15) is 28.9 Å². The summed E-state index contributed by atoms with van der Waals surface area (Å²) in [4.78, 5) is 12.2. The highest BCUT2D eigenvalue weighted by molar-refractivity contribution is 5.95. The Balaban J connectivity index is 1.66. The van der Waals surface area contributed by atoms with Crippen LogP contribution < -0.4 is 10.6 Å². The Morgan fingerprint density at radius 3 is 3.10 bits per heavy atom. The maximum absolute atomic E-state index is 12.2. The highest BCUT2D eigenvalue weighted by Gasteiger charge is 2.45. The molecular weight excluding hydrogens is 270 g/mol. The molecule has 1 aromatic rings. The Bertz CT molecular complexity index is 514. The van der Waals surface area contributed by atoms with E-state index in [1.54, 1.807) is 4.68 Å². The number of fused-ring (bicyclic) bond motifs is 1. The van der Waals surface area contributed by atoms with Crippen molar-refractivity contribution in [3.05, 3.63) is 17.5 Å². The monoisotopic (exact) mass is 286 g/mol. The van der Waals surface area contributed by atoms with Gasteiger partial charge in [0.2, 0.25) is 0 Å². The first kappa shape index (κ1) is 13.4. The predicted octanol–water partition coefficient (Wildman–Crippen LogP) is 0.488. The van der Waals surface area contributed by atoms with Crippen LogP contribution in [0.2, 0.25) is 0 Å². The molecule has 0 saturated heterocycles. The average molecular weight is 286 g/mol. The molecule has 0 spiro atoms. The molecule has 0 bridgehead atoms.